The van der Waals surface area contributed by atoms with Gasteiger partial charge in [-0.3, -0.25) is 0 Å². The van der Waals surface area contributed by atoms with E-state index in [0.717, 1.165) is 17.6 Å². The maximum absolute atomic E-state index is 5.34. The molecule has 2 heteroatoms. The van der Waals surface area contributed by atoms with Crippen LogP contribution in [0.15, 0.2) is 23.6 Å². The lowest BCUT2D eigenvalue weighted by Crippen LogP contribution is -2.05. The number of fused-ring (bicyclic) bond motifs is 2. The Balaban J connectivity index is 2.06. The van der Waals surface area contributed by atoms with Crippen molar-refractivity contribution < 1.29 is 4.74 Å². The Kier molecular flexibility index (Phi) is 0.670. The van der Waals surface area contributed by atoms with Gasteiger partial charge in [0.2, 0.25) is 0 Å². The molecule has 0 aromatic heterocycles. The Bertz CT molecular complexity index is 218. The average molecular weight is 135 g/mol. The number of allylic oxidation sites excluding steroid dienone is 2. The van der Waals surface area contributed by atoms with Crippen LogP contribution in [0.1, 0.15) is 6.42 Å². The first-order valence-electron chi connectivity index (χ1n) is 3.74. The summed E-state index contributed by atoms with van der Waals surface area (Å²) in [6.07, 6.45) is 5.88. The van der Waals surface area contributed by atoms with E-state index in [1.807, 2.05) is 0 Å². The zero-order valence-corrected chi connectivity index (χ0v) is 5.63. The van der Waals surface area contributed by atoms with Gasteiger partial charge in [-0.05, 0) is 24.3 Å². The highest BCUT2D eigenvalue weighted by atomic mass is 16.5. The van der Waals surface area contributed by atoms with Crippen molar-refractivity contribution in [2.45, 2.75) is 6.42 Å². The van der Waals surface area contributed by atoms with E-state index in [4.69, 9.17) is 4.74 Å². The number of rotatable bonds is 0. The summed E-state index contributed by atoms with van der Waals surface area (Å²) in [5.41, 5.74) is 1.22. The van der Waals surface area contributed by atoms with Crippen LogP contribution < -0.4 is 5.32 Å². The van der Waals surface area contributed by atoms with E-state index in [2.05, 4.69) is 17.5 Å². The van der Waals surface area contributed by atoms with Crippen LogP contribution in [0.5, 0.6) is 0 Å². The molecule has 0 bridgehead atoms. The Morgan fingerprint density at radius 2 is 2.30 bits per heavy atom. The Labute approximate surface area is 59.6 Å². The molecule has 1 saturated heterocycles. The van der Waals surface area contributed by atoms with E-state index in [1.54, 1.807) is 0 Å². The van der Waals surface area contributed by atoms with Crippen LogP contribution in [0.2, 0.25) is 0 Å². The molecule has 10 heavy (non-hydrogen) atoms. The molecule has 2 atom stereocenters. The van der Waals surface area contributed by atoms with Crippen molar-refractivity contribution in [1.82, 2.24) is 5.32 Å². The fourth-order valence-corrected chi connectivity index (χ4v) is 1.66. The molecule has 0 radical (unpaired) electrons. The summed E-state index contributed by atoms with van der Waals surface area (Å²) in [4.78, 5) is 0. The van der Waals surface area contributed by atoms with Crippen LogP contribution in [0, 0.1) is 11.8 Å². The Hall–Kier alpha value is -0.920. The minimum absolute atomic E-state index is 0.664. The van der Waals surface area contributed by atoms with E-state index < -0.39 is 0 Å². The lowest BCUT2D eigenvalue weighted by Gasteiger charge is -2.02. The molecule has 2 nitrogen and oxygen atoms in total. The topological polar surface area (TPSA) is 21.3 Å². The SMILES string of the molecule is C1=C2NCOC2=CC2CC12. The number of nitrogens with one attached hydrogen (secondary N) is 1. The van der Waals surface area contributed by atoms with Crippen LogP contribution in [0.25, 0.3) is 0 Å². The first-order chi connectivity index (χ1) is 4.93. The number of hydrogen-bond donors (Lipinski definition) is 1. The second kappa shape index (κ2) is 1.39. The zero-order valence-electron chi connectivity index (χ0n) is 5.63. The molecule has 2 unspecified atom stereocenters. The van der Waals surface area contributed by atoms with Crippen molar-refractivity contribution in [3.63, 3.8) is 0 Å². The lowest BCUT2D eigenvalue weighted by atomic mass is 10.1. The first kappa shape index (κ1) is 4.83. The van der Waals surface area contributed by atoms with Gasteiger partial charge in [0.25, 0.3) is 0 Å². The van der Waals surface area contributed by atoms with E-state index in [-0.39, 0.29) is 0 Å². The summed E-state index contributed by atoms with van der Waals surface area (Å²) in [6.45, 7) is 0.664. The summed E-state index contributed by atoms with van der Waals surface area (Å²) in [6, 6.07) is 0. The van der Waals surface area contributed by atoms with Crippen molar-refractivity contribution in [2.24, 2.45) is 11.8 Å². The molecule has 2 aliphatic carbocycles. The second-order valence-corrected chi connectivity index (χ2v) is 3.14. The van der Waals surface area contributed by atoms with Gasteiger partial charge < -0.3 is 10.1 Å². The fraction of sp³-hybridized carbons (Fsp3) is 0.500. The molecule has 52 valence electrons. The molecular formula is C8H9NO. The summed E-state index contributed by atoms with van der Waals surface area (Å²) in [7, 11) is 0. The summed E-state index contributed by atoms with van der Waals surface area (Å²) < 4.78 is 5.34. The highest BCUT2D eigenvalue weighted by Gasteiger charge is 2.39. The maximum atomic E-state index is 5.34. The highest BCUT2D eigenvalue weighted by Crippen LogP contribution is 2.46. The van der Waals surface area contributed by atoms with Gasteiger partial charge in [0.15, 0.2) is 6.73 Å². The van der Waals surface area contributed by atoms with Gasteiger partial charge in [-0.2, -0.15) is 0 Å². The van der Waals surface area contributed by atoms with Crippen molar-refractivity contribution in [2.75, 3.05) is 6.73 Å². The van der Waals surface area contributed by atoms with Crippen molar-refractivity contribution in [1.29, 1.82) is 0 Å². The largest absolute Gasteiger partial charge is 0.471 e. The third-order valence-corrected chi connectivity index (χ3v) is 2.39. The van der Waals surface area contributed by atoms with Crippen LogP contribution in [-0.2, 0) is 4.74 Å². The third kappa shape index (κ3) is 0.491. The van der Waals surface area contributed by atoms with Crippen molar-refractivity contribution >= 4 is 0 Å². The third-order valence-electron chi connectivity index (χ3n) is 2.39. The highest BCUT2D eigenvalue weighted by molar-refractivity contribution is 5.36. The Morgan fingerprint density at radius 3 is 3.30 bits per heavy atom. The summed E-state index contributed by atoms with van der Waals surface area (Å²) >= 11 is 0. The standard InChI is InChI=1S/C8H9NO/c1-5-2-7-8(3-6(1)5)10-4-9-7/h2-3,5-6,9H,1,4H2. The Morgan fingerprint density at radius 1 is 1.40 bits per heavy atom. The van der Waals surface area contributed by atoms with Crippen LogP contribution >= 0.6 is 0 Å². The fourth-order valence-electron chi connectivity index (χ4n) is 1.66. The maximum Gasteiger partial charge on any atom is 0.159 e. The summed E-state index contributed by atoms with van der Waals surface area (Å²) in [5.74, 6) is 2.71. The zero-order chi connectivity index (χ0) is 6.55. The van der Waals surface area contributed by atoms with Crippen LogP contribution in [0.3, 0.4) is 0 Å². The average Bonchev–Trinajstić information content (AvgIpc) is 2.52. The van der Waals surface area contributed by atoms with Gasteiger partial charge in [-0.1, -0.05) is 6.08 Å². The smallest absolute Gasteiger partial charge is 0.159 e. The van der Waals surface area contributed by atoms with Gasteiger partial charge in [0.1, 0.15) is 5.76 Å². The molecule has 2 fully saturated rings. The molecule has 1 saturated carbocycles. The van der Waals surface area contributed by atoms with Crippen LogP contribution in [0.4, 0.5) is 0 Å². The second-order valence-electron chi connectivity index (χ2n) is 3.14. The predicted molar refractivity (Wildman–Crippen MR) is 36.9 cm³/mol. The van der Waals surface area contributed by atoms with E-state index in [9.17, 15) is 0 Å². The van der Waals surface area contributed by atoms with Gasteiger partial charge in [-0.15, -0.1) is 0 Å². The number of ether oxygens (including phenoxy) is 1. The first-order valence-corrected chi connectivity index (χ1v) is 3.74. The molecule has 1 N–H and O–H groups in total. The van der Waals surface area contributed by atoms with E-state index in [1.165, 1.54) is 12.1 Å². The minimum Gasteiger partial charge on any atom is -0.471 e. The number of hydrogen-bond acceptors (Lipinski definition) is 2. The minimum atomic E-state index is 0.664. The molecule has 0 aromatic rings. The van der Waals surface area contributed by atoms with Crippen LogP contribution in [-0.4, -0.2) is 6.73 Å². The van der Waals surface area contributed by atoms with E-state index >= 15 is 0 Å². The molecule has 0 amide bonds. The molecule has 1 aliphatic heterocycles. The molecular weight excluding hydrogens is 126 g/mol. The molecule has 3 rings (SSSR count). The van der Waals surface area contributed by atoms with Crippen molar-refractivity contribution in [3.05, 3.63) is 23.6 Å². The molecule has 3 aliphatic rings. The lowest BCUT2D eigenvalue weighted by molar-refractivity contribution is 0.253. The molecule has 0 aromatic carbocycles. The van der Waals surface area contributed by atoms with Crippen molar-refractivity contribution in [3.8, 4) is 0 Å². The molecule has 1 heterocycles. The molecule has 0 spiro atoms. The van der Waals surface area contributed by atoms with Gasteiger partial charge in [-0.25, -0.2) is 0 Å². The van der Waals surface area contributed by atoms with Gasteiger partial charge >= 0.3 is 0 Å². The summed E-state index contributed by atoms with van der Waals surface area (Å²) in [5, 5.41) is 3.19. The van der Waals surface area contributed by atoms with Gasteiger partial charge in [0, 0.05) is 0 Å². The normalized spacial score (nSPS) is 40.0. The predicted octanol–water partition coefficient (Wildman–Crippen LogP) is 0.981. The monoisotopic (exact) mass is 135 g/mol. The quantitative estimate of drug-likeness (QED) is 0.534. The van der Waals surface area contributed by atoms with Gasteiger partial charge in [0.05, 0.1) is 5.70 Å². The van der Waals surface area contributed by atoms with E-state index in [0.29, 0.717) is 6.73 Å².